The van der Waals surface area contributed by atoms with Crippen molar-refractivity contribution in [3.8, 4) is 0 Å². The maximum atomic E-state index is 10.5. The summed E-state index contributed by atoms with van der Waals surface area (Å²) in [4.78, 5) is 10.5. The second kappa shape index (κ2) is 5.81. The summed E-state index contributed by atoms with van der Waals surface area (Å²) >= 11 is 0. The molecule has 0 aliphatic carbocycles. The quantitative estimate of drug-likeness (QED) is 0.644. The molecule has 0 bridgehead atoms. The minimum Gasteiger partial charge on any atom is -0.481 e. The summed E-state index contributed by atoms with van der Waals surface area (Å²) in [6.07, 6.45) is 4.83. The zero-order valence-corrected chi connectivity index (χ0v) is 8.13. The van der Waals surface area contributed by atoms with Crippen LogP contribution in [-0.4, -0.2) is 11.1 Å². The normalized spacial score (nSPS) is 14.4. The molecule has 0 aliphatic heterocycles. The van der Waals surface area contributed by atoms with E-state index in [2.05, 4.69) is 19.9 Å². The molecule has 2 nitrogen and oxygen atoms in total. The number of carbonyl (C=O) groups is 1. The van der Waals surface area contributed by atoms with Crippen LogP contribution < -0.4 is 0 Å². The van der Waals surface area contributed by atoms with E-state index in [-0.39, 0.29) is 5.92 Å². The molecule has 1 atom stereocenters. The highest BCUT2D eigenvalue weighted by Crippen LogP contribution is 2.11. The van der Waals surface area contributed by atoms with Gasteiger partial charge in [-0.05, 0) is 26.2 Å². The molecule has 0 rings (SSSR count). The van der Waals surface area contributed by atoms with E-state index in [4.69, 9.17) is 5.11 Å². The molecule has 0 saturated carbocycles. The van der Waals surface area contributed by atoms with Crippen LogP contribution in [0.3, 0.4) is 0 Å². The van der Waals surface area contributed by atoms with Crippen molar-refractivity contribution in [3.05, 3.63) is 11.6 Å². The van der Waals surface area contributed by atoms with Crippen LogP contribution in [0.15, 0.2) is 11.6 Å². The molecule has 1 unspecified atom stereocenters. The SMILES string of the molecule is CCC=C(C)CCC(C)C(=O)O. The number of allylic oxidation sites excluding steroid dienone is 2. The fourth-order valence-corrected chi connectivity index (χ4v) is 1.02. The second-order valence-electron chi connectivity index (χ2n) is 3.24. The predicted octanol–water partition coefficient (Wildman–Crippen LogP) is 2.84. The average molecular weight is 170 g/mol. The summed E-state index contributed by atoms with van der Waals surface area (Å²) in [7, 11) is 0. The van der Waals surface area contributed by atoms with Crippen LogP contribution in [0, 0.1) is 5.92 Å². The van der Waals surface area contributed by atoms with Gasteiger partial charge in [0, 0.05) is 0 Å². The van der Waals surface area contributed by atoms with Gasteiger partial charge < -0.3 is 5.11 Å². The maximum absolute atomic E-state index is 10.5. The third-order valence-corrected chi connectivity index (χ3v) is 1.95. The molecular weight excluding hydrogens is 152 g/mol. The van der Waals surface area contributed by atoms with E-state index in [1.165, 1.54) is 5.57 Å². The number of hydrogen-bond donors (Lipinski definition) is 1. The number of hydrogen-bond acceptors (Lipinski definition) is 1. The summed E-state index contributed by atoms with van der Waals surface area (Å²) in [5.41, 5.74) is 1.30. The van der Waals surface area contributed by atoms with Crippen LogP contribution in [0.25, 0.3) is 0 Å². The Balaban J connectivity index is 3.68. The molecule has 0 radical (unpaired) electrons. The molecule has 0 aromatic heterocycles. The lowest BCUT2D eigenvalue weighted by atomic mass is 10.0. The minimum absolute atomic E-state index is 0.217. The summed E-state index contributed by atoms with van der Waals surface area (Å²) < 4.78 is 0. The molecule has 0 aromatic rings. The fourth-order valence-electron chi connectivity index (χ4n) is 1.02. The Morgan fingerprint density at radius 1 is 1.58 bits per heavy atom. The van der Waals surface area contributed by atoms with E-state index in [0.29, 0.717) is 0 Å². The van der Waals surface area contributed by atoms with Crippen molar-refractivity contribution in [1.29, 1.82) is 0 Å². The fraction of sp³-hybridized carbons (Fsp3) is 0.700. The third-order valence-electron chi connectivity index (χ3n) is 1.95. The van der Waals surface area contributed by atoms with Crippen LogP contribution in [0.2, 0.25) is 0 Å². The van der Waals surface area contributed by atoms with Crippen LogP contribution in [0.1, 0.15) is 40.0 Å². The average Bonchev–Trinajstić information content (AvgIpc) is 2.00. The molecular formula is C10H18O2. The summed E-state index contributed by atoms with van der Waals surface area (Å²) in [5.74, 6) is -0.912. The minimum atomic E-state index is -0.695. The summed E-state index contributed by atoms with van der Waals surface area (Å²) in [6.45, 7) is 5.89. The number of rotatable bonds is 5. The van der Waals surface area contributed by atoms with Gasteiger partial charge in [0.05, 0.1) is 5.92 Å². The van der Waals surface area contributed by atoms with Crippen molar-refractivity contribution in [3.63, 3.8) is 0 Å². The molecule has 2 heteroatoms. The number of carboxylic acids is 1. The third kappa shape index (κ3) is 4.94. The predicted molar refractivity (Wildman–Crippen MR) is 50.1 cm³/mol. The number of aliphatic carboxylic acids is 1. The van der Waals surface area contributed by atoms with Crippen molar-refractivity contribution >= 4 is 5.97 Å². The summed E-state index contributed by atoms with van der Waals surface area (Å²) in [5, 5.41) is 8.61. The first kappa shape index (κ1) is 11.2. The van der Waals surface area contributed by atoms with Gasteiger partial charge in [-0.2, -0.15) is 0 Å². The van der Waals surface area contributed by atoms with Crippen LogP contribution in [0.4, 0.5) is 0 Å². The molecule has 0 fully saturated rings. The van der Waals surface area contributed by atoms with Gasteiger partial charge in [-0.1, -0.05) is 25.5 Å². The molecule has 12 heavy (non-hydrogen) atoms. The molecule has 0 aliphatic rings. The Hall–Kier alpha value is -0.790. The van der Waals surface area contributed by atoms with Gasteiger partial charge in [0.15, 0.2) is 0 Å². The van der Waals surface area contributed by atoms with Gasteiger partial charge in [-0.3, -0.25) is 4.79 Å². The Labute approximate surface area is 74.3 Å². The molecule has 0 heterocycles. The monoisotopic (exact) mass is 170 g/mol. The van der Waals surface area contributed by atoms with E-state index in [1.54, 1.807) is 6.92 Å². The van der Waals surface area contributed by atoms with Gasteiger partial charge in [0.25, 0.3) is 0 Å². The molecule has 70 valence electrons. The highest BCUT2D eigenvalue weighted by molar-refractivity contribution is 5.69. The lowest BCUT2D eigenvalue weighted by Gasteiger charge is -2.05. The van der Waals surface area contributed by atoms with Crippen molar-refractivity contribution < 1.29 is 9.90 Å². The van der Waals surface area contributed by atoms with Crippen molar-refractivity contribution in [2.75, 3.05) is 0 Å². The molecule has 0 spiro atoms. The Morgan fingerprint density at radius 3 is 2.58 bits per heavy atom. The van der Waals surface area contributed by atoms with Crippen LogP contribution >= 0.6 is 0 Å². The van der Waals surface area contributed by atoms with Gasteiger partial charge >= 0.3 is 5.97 Å². The zero-order chi connectivity index (χ0) is 9.56. The van der Waals surface area contributed by atoms with E-state index < -0.39 is 5.97 Å². The van der Waals surface area contributed by atoms with Gasteiger partial charge in [-0.15, -0.1) is 0 Å². The maximum Gasteiger partial charge on any atom is 0.306 e. The Bertz CT molecular complexity index is 171. The van der Waals surface area contributed by atoms with Crippen molar-refractivity contribution in [2.24, 2.45) is 5.92 Å². The van der Waals surface area contributed by atoms with E-state index in [1.807, 2.05) is 0 Å². The largest absolute Gasteiger partial charge is 0.481 e. The van der Waals surface area contributed by atoms with E-state index in [0.717, 1.165) is 19.3 Å². The molecule has 0 amide bonds. The lowest BCUT2D eigenvalue weighted by Crippen LogP contribution is -2.08. The molecule has 0 saturated heterocycles. The lowest BCUT2D eigenvalue weighted by molar-refractivity contribution is -0.141. The first-order valence-electron chi connectivity index (χ1n) is 4.46. The van der Waals surface area contributed by atoms with E-state index >= 15 is 0 Å². The highest BCUT2D eigenvalue weighted by Gasteiger charge is 2.09. The molecule has 1 N–H and O–H groups in total. The van der Waals surface area contributed by atoms with E-state index in [9.17, 15) is 4.79 Å². The van der Waals surface area contributed by atoms with Crippen molar-refractivity contribution in [1.82, 2.24) is 0 Å². The second-order valence-corrected chi connectivity index (χ2v) is 3.24. The smallest absolute Gasteiger partial charge is 0.306 e. The van der Waals surface area contributed by atoms with Crippen LogP contribution in [-0.2, 0) is 4.79 Å². The van der Waals surface area contributed by atoms with Crippen LogP contribution in [0.5, 0.6) is 0 Å². The Morgan fingerprint density at radius 2 is 2.17 bits per heavy atom. The first-order chi connectivity index (χ1) is 5.57. The first-order valence-corrected chi connectivity index (χ1v) is 4.46. The topological polar surface area (TPSA) is 37.3 Å². The highest BCUT2D eigenvalue weighted by atomic mass is 16.4. The number of carboxylic acid groups (broad SMARTS) is 1. The van der Waals surface area contributed by atoms with Gasteiger partial charge in [-0.25, -0.2) is 0 Å². The standard InChI is InChI=1S/C10H18O2/c1-4-5-8(2)6-7-9(3)10(11)12/h5,9H,4,6-7H2,1-3H3,(H,11,12). The van der Waals surface area contributed by atoms with Crippen molar-refractivity contribution in [2.45, 2.75) is 40.0 Å². The van der Waals surface area contributed by atoms with Gasteiger partial charge in [0.2, 0.25) is 0 Å². The van der Waals surface area contributed by atoms with Gasteiger partial charge in [0.1, 0.15) is 0 Å². The zero-order valence-electron chi connectivity index (χ0n) is 8.13. The summed E-state index contributed by atoms with van der Waals surface area (Å²) in [6, 6.07) is 0. The Kier molecular flexibility index (Phi) is 5.43. The molecule has 0 aromatic carbocycles.